The second-order valence-electron chi connectivity index (χ2n) is 5.03. The minimum Gasteiger partial charge on any atom is -0.353 e. The van der Waals surface area contributed by atoms with E-state index in [9.17, 15) is 4.79 Å². The molecule has 0 unspecified atom stereocenters. The molecule has 3 rings (SSSR count). The van der Waals surface area contributed by atoms with E-state index in [-0.39, 0.29) is 5.91 Å². The van der Waals surface area contributed by atoms with Gasteiger partial charge in [-0.25, -0.2) is 0 Å². The van der Waals surface area contributed by atoms with E-state index in [1.54, 1.807) is 0 Å². The molecule has 1 aliphatic carbocycles. The van der Waals surface area contributed by atoms with Gasteiger partial charge in [0.25, 0.3) is 0 Å². The number of hydrogen-bond acceptors (Lipinski definition) is 2. The molecule has 1 amide bonds. The molecule has 2 N–H and O–H groups in total. The van der Waals surface area contributed by atoms with Crippen molar-refractivity contribution < 1.29 is 4.79 Å². The first kappa shape index (κ1) is 10.8. The minimum absolute atomic E-state index is 0.176. The van der Waals surface area contributed by atoms with E-state index in [2.05, 4.69) is 28.8 Å². The van der Waals surface area contributed by atoms with Crippen LogP contribution in [0, 0.1) is 0 Å². The van der Waals surface area contributed by atoms with E-state index in [1.807, 2.05) is 0 Å². The first-order valence-electron chi connectivity index (χ1n) is 6.42. The Morgan fingerprint density at radius 1 is 1.35 bits per heavy atom. The maximum Gasteiger partial charge on any atom is 0.224 e. The van der Waals surface area contributed by atoms with Gasteiger partial charge in [0.2, 0.25) is 5.91 Å². The number of rotatable bonds is 3. The zero-order valence-corrected chi connectivity index (χ0v) is 9.96. The fourth-order valence-corrected chi connectivity index (χ4v) is 2.57. The Balaban J connectivity index is 1.68. The molecule has 1 heterocycles. The van der Waals surface area contributed by atoms with Crippen molar-refractivity contribution in [1.82, 2.24) is 10.6 Å². The van der Waals surface area contributed by atoms with Crippen molar-refractivity contribution in [3.8, 4) is 0 Å². The topological polar surface area (TPSA) is 41.1 Å². The highest BCUT2D eigenvalue weighted by Gasteiger charge is 2.21. The van der Waals surface area contributed by atoms with E-state index in [0.29, 0.717) is 12.5 Å². The number of nitrogens with one attached hydrogen (secondary N) is 2. The first-order chi connectivity index (χ1) is 8.33. The SMILES string of the molecule is O=C(Cc1cccc2c1CNC2)NC1CCC1. The lowest BCUT2D eigenvalue weighted by Gasteiger charge is -2.26. The Kier molecular flexibility index (Phi) is 2.85. The summed E-state index contributed by atoms with van der Waals surface area (Å²) in [6.45, 7) is 1.84. The molecule has 0 spiro atoms. The van der Waals surface area contributed by atoms with E-state index in [1.165, 1.54) is 23.1 Å². The molecule has 0 bridgehead atoms. The molecule has 1 saturated carbocycles. The minimum atomic E-state index is 0.176. The van der Waals surface area contributed by atoms with Crippen LogP contribution in [0.1, 0.15) is 36.0 Å². The molecule has 1 fully saturated rings. The zero-order chi connectivity index (χ0) is 11.7. The molecular weight excluding hydrogens is 212 g/mol. The normalized spacial score (nSPS) is 18.6. The van der Waals surface area contributed by atoms with Crippen LogP contribution in [0.15, 0.2) is 18.2 Å². The van der Waals surface area contributed by atoms with Gasteiger partial charge in [-0.05, 0) is 36.0 Å². The standard InChI is InChI=1S/C14H18N2O/c17-14(16-12-5-2-6-12)7-10-3-1-4-11-8-15-9-13(10)11/h1,3-4,12,15H,2,5-9H2,(H,16,17). The summed E-state index contributed by atoms with van der Waals surface area (Å²) in [6.07, 6.45) is 4.09. The van der Waals surface area contributed by atoms with E-state index >= 15 is 0 Å². The number of amides is 1. The Bertz CT molecular complexity index is 438. The second-order valence-corrected chi connectivity index (χ2v) is 5.03. The zero-order valence-electron chi connectivity index (χ0n) is 9.96. The predicted octanol–water partition coefficient (Wildman–Crippen LogP) is 1.50. The second kappa shape index (κ2) is 4.49. The Morgan fingerprint density at radius 2 is 2.24 bits per heavy atom. The van der Waals surface area contributed by atoms with Crippen LogP contribution in [-0.2, 0) is 24.3 Å². The third kappa shape index (κ3) is 2.20. The van der Waals surface area contributed by atoms with Crippen molar-refractivity contribution in [2.75, 3.05) is 0 Å². The van der Waals surface area contributed by atoms with Gasteiger partial charge in [0.05, 0.1) is 6.42 Å². The lowest BCUT2D eigenvalue weighted by Crippen LogP contribution is -2.40. The summed E-state index contributed by atoms with van der Waals surface area (Å²) < 4.78 is 0. The van der Waals surface area contributed by atoms with Gasteiger partial charge >= 0.3 is 0 Å². The molecule has 90 valence electrons. The fraction of sp³-hybridized carbons (Fsp3) is 0.500. The molecule has 0 aromatic heterocycles. The van der Waals surface area contributed by atoms with Crippen LogP contribution in [0.25, 0.3) is 0 Å². The third-order valence-corrected chi connectivity index (χ3v) is 3.81. The Morgan fingerprint density at radius 3 is 3.00 bits per heavy atom. The molecular formula is C14H18N2O. The summed E-state index contributed by atoms with van der Waals surface area (Å²) in [6, 6.07) is 6.71. The largest absolute Gasteiger partial charge is 0.353 e. The van der Waals surface area contributed by atoms with E-state index in [0.717, 1.165) is 25.9 Å². The van der Waals surface area contributed by atoms with Crippen molar-refractivity contribution in [2.45, 2.75) is 44.8 Å². The predicted molar refractivity (Wildman–Crippen MR) is 66.5 cm³/mol. The van der Waals surface area contributed by atoms with Crippen LogP contribution < -0.4 is 10.6 Å². The van der Waals surface area contributed by atoms with Crippen molar-refractivity contribution in [1.29, 1.82) is 0 Å². The summed E-state index contributed by atoms with van der Waals surface area (Å²) in [5.74, 6) is 0.176. The molecule has 2 aliphatic rings. The highest BCUT2D eigenvalue weighted by atomic mass is 16.1. The summed E-state index contributed by atoms with van der Waals surface area (Å²) in [7, 11) is 0. The third-order valence-electron chi connectivity index (χ3n) is 3.81. The van der Waals surface area contributed by atoms with Crippen LogP contribution >= 0.6 is 0 Å². The van der Waals surface area contributed by atoms with Gasteiger partial charge in [0.15, 0.2) is 0 Å². The van der Waals surface area contributed by atoms with Gasteiger partial charge in [0, 0.05) is 19.1 Å². The van der Waals surface area contributed by atoms with Gasteiger partial charge in [-0.1, -0.05) is 18.2 Å². The number of hydrogen-bond donors (Lipinski definition) is 2. The lowest BCUT2D eigenvalue weighted by molar-refractivity contribution is -0.121. The molecule has 3 nitrogen and oxygen atoms in total. The number of carbonyl (C=O) groups is 1. The van der Waals surface area contributed by atoms with Crippen LogP contribution in [0.5, 0.6) is 0 Å². The molecule has 0 radical (unpaired) electrons. The number of benzene rings is 1. The van der Waals surface area contributed by atoms with Crippen molar-refractivity contribution in [3.63, 3.8) is 0 Å². The van der Waals surface area contributed by atoms with Gasteiger partial charge in [-0.2, -0.15) is 0 Å². The fourth-order valence-electron chi connectivity index (χ4n) is 2.57. The van der Waals surface area contributed by atoms with Gasteiger partial charge in [-0.15, -0.1) is 0 Å². The summed E-state index contributed by atoms with van der Waals surface area (Å²) in [5.41, 5.74) is 3.86. The number of fused-ring (bicyclic) bond motifs is 1. The Labute approximate surface area is 102 Å². The van der Waals surface area contributed by atoms with Crippen LogP contribution in [0.3, 0.4) is 0 Å². The number of carbonyl (C=O) groups excluding carboxylic acids is 1. The molecule has 3 heteroatoms. The average Bonchev–Trinajstić information content (AvgIpc) is 2.73. The van der Waals surface area contributed by atoms with E-state index in [4.69, 9.17) is 0 Å². The van der Waals surface area contributed by atoms with Crippen molar-refractivity contribution in [2.24, 2.45) is 0 Å². The average molecular weight is 230 g/mol. The summed E-state index contributed by atoms with van der Waals surface area (Å²) in [5, 5.41) is 6.43. The maximum atomic E-state index is 11.9. The molecule has 0 saturated heterocycles. The van der Waals surface area contributed by atoms with E-state index < -0.39 is 0 Å². The Hall–Kier alpha value is -1.35. The maximum absolute atomic E-state index is 11.9. The quantitative estimate of drug-likeness (QED) is 0.826. The summed E-state index contributed by atoms with van der Waals surface area (Å²) >= 11 is 0. The molecule has 1 aromatic carbocycles. The first-order valence-corrected chi connectivity index (χ1v) is 6.42. The molecule has 1 aliphatic heterocycles. The van der Waals surface area contributed by atoms with Crippen LogP contribution in [0.2, 0.25) is 0 Å². The molecule has 17 heavy (non-hydrogen) atoms. The molecule has 0 atom stereocenters. The monoisotopic (exact) mass is 230 g/mol. The van der Waals surface area contributed by atoms with Gasteiger partial charge < -0.3 is 10.6 Å². The van der Waals surface area contributed by atoms with Gasteiger partial charge in [-0.3, -0.25) is 4.79 Å². The van der Waals surface area contributed by atoms with Crippen LogP contribution in [-0.4, -0.2) is 11.9 Å². The lowest BCUT2D eigenvalue weighted by atomic mass is 9.92. The van der Waals surface area contributed by atoms with Gasteiger partial charge in [0.1, 0.15) is 0 Å². The summed E-state index contributed by atoms with van der Waals surface area (Å²) in [4.78, 5) is 11.9. The highest BCUT2D eigenvalue weighted by molar-refractivity contribution is 5.79. The van der Waals surface area contributed by atoms with Crippen molar-refractivity contribution >= 4 is 5.91 Å². The highest BCUT2D eigenvalue weighted by Crippen LogP contribution is 2.21. The smallest absolute Gasteiger partial charge is 0.224 e. The van der Waals surface area contributed by atoms with Crippen LogP contribution in [0.4, 0.5) is 0 Å². The molecule has 1 aromatic rings. The van der Waals surface area contributed by atoms with Crippen molar-refractivity contribution in [3.05, 3.63) is 34.9 Å².